The number of benzene rings is 1. The van der Waals surface area contributed by atoms with Gasteiger partial charge in [0.15, 0.2) is 0 Å². The summed E-state index contributed by atoms with van der Waals surface area (Å²) in [6.45, 7) is 2.01. The Morgan fingerprint density at radius 2 is 2.06 bits per heavy atom. The van der Waals surface area contributed by atoms with Gasteiger partial charge in [-0.1, -0.05) is 18.2 Å². The van der Waals surface area contributed by atoms with Crippen LogP contribution < -0.4 is 0 Å². The topological polar surface area (TPSA) is 33.4 Å². The maximum absolute atomic E-state index is 10.4. The zero-order valence-electron chi connectivity index (χ0n) is 9.38. The molecule has 3 aromatic rings. The number of aliphatic hydroxyl groups excluding tert-OH is 1. The average molecular weight is 244 g/mol. The van der Waals surface area contributed by atoms with Crippen molar-refractivity contribution in [3.05, 3.63) is 58.0 Å². The van der Waals surface area contributed by atoms with Crippen LogP contribution in [-0.4, -0.2) is 5.11 Å². The Bertz CT molecular complexity index is 651. The van der Waals surface area contributed by atoms with E-state index in [4.69, 9.17) is 4.42 Å². The molecule has 3 heteroatoms. The van der Waals surface area contributed by atoms with E-state index in [1.807, 2.05) is 42.6 Å². The van der Waals surface area contributed by atoms with Crippen molar-refractivity contribution in [2.45, 2.75) is 13.0 Å². The van der Waals surface area contributed by atoms with Crippen molar-refractivity contribution in [1.82, 2.24) is 0 Å². The van der Waals surface area contributed by atoms with Crippen molar-refractivity contribution in [2.75, 3.05) is 0 Å². The lowest BCUT2D eigenvalue weighted by Crippen LogP contribution is -1.97. The van der Waals surface area contributed by atoms with E-state index in [0.29, 0.717) is 0 Å². The summed E-state index contributed by atoms with van der Waals surface area (Å²) in [5.74, 6) is 0. The van der Waals surface area contributed by atoms with Crippen molar-refractivity contribution in [3.63, 3.8) is 0 Å². The summed E-state index contributed by atoms with van der Waals surface area (Å²) in [7, 11) is 0. The fourth-order valence-corrected chi connectivity index (χ4v) is 2.94. The van der Waals surface area contributed by atoms with Gasteiger partial charge < -0.3 is 9.52 Å². The van der Waals surface area contributed by atoms with E-state index in [0.717, 1.165) is 27.0 Å². The van der Waals surface area contributed by atoms with Crippen molar-refractivity contribution >= 4 is 22.3 Å². The highest BCUT2D eigenvalue weighted by Gasteiger charge is 2.18. The third kappa shape index (κ3) is 1.68. The van der Waals surface area contributed by atoms with Crippen LogP contribution in [0.1, 0.15) is 22.1 Å². The number of aliphatic hydroxyl groups is 1. The minimum atomic E-state index is -0.598. The molecular weight excluding hydrogens is 232 g/mol. The molecule has 0 fully saturated rings. The van der Waals surface area contributed by atoms with Gasteiger partial charge in [0.25, 0.3) is 0 Å². The van der Waals surface area contributed by atoms with Gasteiger partial charge in [0.2, 0.25) is 0 Å². The molecule has 1 N–H and O–H groups in total. The molecule has 0 saturated carbocycles. The van der Waals surface area contributed by atoms with E-state index in [1.165, 1.54) is 0 Å². The quantitative estimate of drug-likeness (QED) is 0.742. The number of furan rings is 1. The summed E-state index contributed by atoms with van der Waals surface area (Å²) in [6.07, 6.45) is 1.05. The third-order valence-corrected chi connectivity index (χ3v) is 4.03. The van der Waals surface area contributed by atoms with Crippen LogP contribution in [0.15, 0.2) is 46.4 Å². The molecule has 0 saturated heterocycles. The van der Waals surface area contributed by atoms with Crippen molar-refractivity contribution in [3.8, 4) is 0 Å². The van der Waals surface area contributed by atoms with E-state index in [1.54, 1.807) is 17.6 Å². The Balaban J connectivity index is 2.13. The molecule has 0 aliphatic carbocycles. The van der Waals surface area contributed by atoms with Crippen molar-refractivity contribution < 1.29 is 9.52 Å². The summed E-state index contributed by atoms with van der Waals surface area (Å²) in [5, 5.41) is 13.4. The maximum Gasteiger partial charge on any atom is 0.134 e. The highest BCUT2D eigenvalue weighted by molar-refractivity contribution is 7.10. The lowest BCUT2D eigenvalue weighted by Gasteiger charge is -2.08. The first-order chi connectivity index (χ1) is 8.27. The van der Waals surface area contributed by atoms with Crippen LogP contribution in [0, 0.1) is 6.92 Å². The van der Waals surface area contributed by atoms with E-state index < -0.39 is 6.10 Å². The molecule has 0 aliphatic rings. The first-order valence-electron chi connectivity index (χ1n) is 5.45. The number of aryl methyl sites for hydroxylation is 1. The van der Waals surface area contributed by atoms with Gasteiger partial charge in [-0.05, 0) is 30.0 Å². The maximum atomic E-state index is 10.4. The first-order valence-corrected chi connectivity index (χ1v) is 6.33. The molecule has 2 heterocycles. The number of rotatable bonds is 2. The van der Waals surface area contributed by atoms with Crippen LogP contribution in [0.4, 0.5) is 0 Å². The smallest absolute Gasteiger partial charge is 0.134 e. The van der Waals surface area contributed by atoms with Crippen LogP contribution in [0.2, 0.25) is 0 Å². The van der Waals surface area contributed by atoms with E-state index >= 15 is 0 Å². The van der Waals surface area contributed by atoms with E-state index in [9.17, 15) is 5.11 Å². The second-order valence-corrected chi connectivity index (χ2v) is 5.01. The summed E-state index contributed by atoms with van der Waals surface area (Å²) in [4.78, 5) is 0.983. The molecule has 3 rings (SSSR count). The van der Waals surface area contributed by atoms with Crippen LogP contribution in [0.25, 0.3) is 11.0 Å². The van der Waals surface area contributed by atoms with Gasteiger partial charge in [0.05, 0.1) is 6.26 Å². The molecular formula is C14H12O2S. The van der Waals surface area contributed by atoms with E-state index in [2.05, 4.69) is 0 Å². The molecule has 0 amide bonds. The molecule has 2 aromatic heterocycles. The minimum Gasteiger partial charge on any atom is -0.464 e. The zero-order valence-corrected chi connectivity index (χ0v) is 10.2. The summed E-state index contributed by atoms with van der Waals surface area (Å²) in [5.41, 5.74) is 2.77. The van der Waals surface area contributed by atoms with Crippen LogP contribution in [0.3, 0.4) is 0 Å². The normalized spacial score (nSPS) is 13.1. The Labute approximate surface area is 103 Å². The second kappa shape index (κ2) is 4.02. The van der Waals surface area contributed by atoms with Gasteiger partial charge in [0, 0.05) is 15.8 Å². The predicted molar refractivity (Wildman–Crippen MR) is 69.3 cm³/mol. The molecule has 0 spiro atoms. The number of thiophene rings is 1. The van der Waals surface area contributed by atoms with Gasteiger partial charge in [-0.3, -0.25) is 0 Å². The number of para-hydroxylation sites is 1. The van der Waals surface area contributed by atoms with Crippen molar-refractivity contribution in [1.29, 1.82) is 0 Å². The number of fused-ring (bicyclic) bond motifs is 1. The second-order valence-electron chi connectivity index (χ2n) is 4.06. The Kier molecular flexibility index (Phi) is 2.50. The van der Waals surface area contributed by atoms with E-state index in [-0.39, 0.29) is 0 Å². The molecule has 1 aromatic carbocycles. The highest BCUT2D eigenvalue weighted by Crippen LogP contribution is 2.34. The first kappa shape index (κ1) is 10.6. The minimum absolute atomic E-state index is 0.598. The van der Waals surface area contributed by atoms with Gasteiger partial charge in [-0.2, -0.15) is 0 Å². The number of hydrogen-bond acceptors (Lipinski definition) is 3. The molecule has 2 nitrogen and oxygen atoms in total. The van der Waals surface area contributed by atoms with Gasteiger partial charge >= 0.3 is 0 Å². The monoisotopic (exact) mass is 244 g/mol. The molecule has 1 unspecified atom stereocenters. The average Bonchev–Trinajstić information content (AvgIpc) is 2.94. The molecule has 86 valence electrons. The van der Waals surface area contributed by atoms with Crippen LogP contribution in [0.5, 0.6) is 0 Å². The van der Waals surface area contributed by atoms with Crippen molar-refractivity contribution in [2.24, 2.45) is 0 Å². The van der Waals surface area contributed by atoms with Gasteiger partial charge in [-0.25, -0.2) is 0 Å². The molecule has 17 heavy (non-hydrogen) atoms. The van der Waals surface area contributed by atoms with Crippen LogP contribution >= 0.6 is 11.3 Å². The largest absolute Gasteiger partial charge is 0.464 e. The SMILES string of the molecule is Cc1ccsc1C(O)c1coc2ccccc12. The number of hydrogen-bond donors (Lipinski definition) is 1. The summed E-state index contributed by atoms with van der Waals surface area (Å²) < 4.78 is 5.45. The lowest BCUT2D eigenvalue weighted by atomic mass is 10.1. The predicted octanol–water partition coefficient (Wildman–Crippen LogP) is 3.88. The Morgan fingerprint density at radius 1 is 1.24 bits per heavy atom. The Morgan fingerprint density at radius 3 is 2.82 bits per heavy atom. The fourth-order valence-electron chi connectivity index (χ4n) is 2.02. The summed E-state index contributed by atoms with van der Waals surface area (Å²) in [6, 6.07) is 9.78. The zero-order chi connectivity index (χ0) is 11.8. The molecule has 0 radical (unpaired) electrons. The third-order valence-electron chi connectivity index (χ3n) is 2.96. The lowest BCUT2D eigenvalue weighted by molar-refractivity contribution is 0.223. The van der Waals surface area contributed by atoms with Gasteiger partial charge in [-0.15, -0.1) is 11.3 Å². The molecule has 1 atom stereocenters. The Hall–Kier alpha value is -1.58. The van der Waals surface area contributed by atoms with Gasteiger partial charge in [0.1, 0.15) is 11.7 Å². The molecule has 0 bridgehead atoms. The van der Waals surface area contributed by atoms with Crippen LogP contribution in [-0.2, 0) is 0 Å². The molecule has 0 aliphatic heterocycles. The fraction of sp³-hybridized carbons (Fsp3) is 0.143. The standard InChI is InChI=1S/C14H12O2S/c1-9-6-7-17-14(9)13(15)11-8-16-12-5-3-2-4-10(11)12/h2-8,13,15H,1H3. The summed E-state index contributed by atoms with van der Waals surface area (Å²) >= 11 is 1.57. The highest BCUT2D eigenvalue weighted by atomic mass is 32.1.